The molecule has 4 aromatic carbocycles. The summed E-state index contributed by atoms with van der Waals surface area (Å²) in [6.45, 7) is 4.91. The Morgan fingerprint density at radius 3 is 2.02 bits per heavy atom. The molecule has 0 radical (unpaired) electrons. The number of thioether (sulfide) groups is 1. The van der Waals surface area contributed by atoms with Crippen LogP contribution in [-0.2, 0) is 9.53 Å². The fourth-order valence-electron chi connectivity index (χ4n) is 7.95. The number of imidazole rings is 2. The van der Waals surface area contributed by atoms with E-state index in [1.54, 1.807) is 11.8 Å². The SMILES string of the molecule is COC(=O)N[C@H](C(=O)N1CCC[C@H]1c1nc2c(ccc3cc(-c4ccc5c(ccc6[nH]c([C@@H]7C[C@H](SC)CN7C(=O)O)nc65)c4)ccc32)[nH]1)C(C)C. The van der Waals surface area contributed by atoms with Crippen LogP contribution in [0.25, 0.3) is 54.7 Å². The Morgan fingerprint density at radius 2 is 1.48 bits per heavy atom. The molecule has 2 aliphatic heterocycles. The first-order valence-corrected chi connectivity index (χ1v) is 18.9. The fourth-order valence-corrected chi connectivity index (χ4v) is 8.63. The van der Waals surface area contributed by atoms with Gasteiger partial charge in [0, 0.05) is 29.1 Å². The van der Waals surface area contributed by atoms with Crippen molar-refractivity contribution in [3.8, 4) is 11.1 Å². The van der Waals surface area contributed by atoms with Crippen LogP contribution in [0, 0.1) is 5.92 Å². The topological polar surface area (TPSA) is 157 Å². The molecular weight excluding hydrogens is 679 g/mol. The number of rotatable bonds is 7. The first kappa shape index (κ1) is 33.8. The van der Waals surface area contributed by atoms with Crippen LogP contribution >= 0.6 is 11.8 Å². The summed E-state index contributed by atoms with van der Waals surface area (Å²) in [4.78, 5) is 57.9. The molecule has 0 spiro atoms. The van der Waals surface area contributed by atoms with Crippen molar-refractivity contribution in [2.45, 2.75) is 56.5 Å². The number of hydrogen-bond donors (Lipinski definition) is 4. The molecule has 12 nitrogen and oxygen atoms in total. The first-order chi connectivity index (χ1) is 25.1. The molecule has 2 saturated heterocycles. The van der Waals surface area contributed by atoms with Crippen LogP contribution in [0.4, 0.5) is 9.59 Å². The van der Waals surface area contributed by atoms with Crippen LogP contribution in [0.2, 0.25) is 0 Å². The highest BCUT2D eigenvalue weighted by Gasteiger charge is 2.39. The van der Waals surface area contributed by atoms with E-state index in [9.17, 15) is 19.5 Å². The number of H-pyrrole nitrogens is 2. The fraction of sp³-hybridized carbons (Fsp3) is 0.359. The first-order valence-electron chi connectivity index (χ1n) is 17.7. The van der Waals surface area contributed by atoms with Gasteiger partial charge in [0.2, 0.25) is 5.91 Å². The molecule has 268 valence electrons. The van der Waals surface area contributed by atoms with E-state index in [0.717, 1.165) is 79.8 Å². The number of nitrogens with one attached hydrogen (secondary N) is 3. The minimum absolute atomic E-state index is 0.106. The van der Waals surface area contributed by atoms with Gasteiger partial charge in [-0.2, -0.15) is 11.8 Å². The van der Waals surface area contributed by atoms with E-state index in [-0.39, 0.29) is 29.2 Å². The lowest BCUT2D eigenvalue weighted by Crippen LogP contribution is -2.51. The smallest absolute Gasteiger partial charge is 0.407 e. The van der Waals surface area contributed by atoms with Gasteiger partial charge in [-0.15, -0.1) is 0 Å². The zero-order valence-corrected chi connectivity index (χ0v) is 30.3. The zero-order valence-electron chi connectivity index (χ0n) is 29.5. The number of methoxy groups -OCH3 is 1. The van der Waals surface area contributed by atoms with Crippen molar-refractivity contribution in [2.24, 2.45) is 5.92 Å². The third-order valence-electron chi connectivity index (χ3n) is 10.7. The molecule has 3 amide bonds. The third kappa shape index (κ3) is 5.86. The second-order valence-electron chi connectivity index (χ2n) is 14.1. The van der Waals surface area contributed by atoms with E-state index in [1.165, 1.54) is 12.0 Å². The molecule has 0 bridgehead atoms. The molecule has 13 heteroatoms. The standard InChI is InChI=1S/C39H41N7O5S/c1-20(2)32(44-38(48)51-3)37(47)45-15-5-6-30(45)35-40-28-13-9-23-16-21(7-11-26(23)33(28)42-35)22-8-12-27-24(17-22)10-14-29-34(27)43-36(41-29)31-18-25(52-4)19-46(31)39(49)50/h7-14,16-17,20,25,30-32H,5-6,15,18-19H2,1-4H3,(H,40,42)(H,41,43)(H,44,48)(H,49,50)/t25-,30-,31-,32-/m0/s1. The van der Waals surface area contributed by atoms with Gasteiger partial charge in [0.05, 0.1) is 41.3 Å². The van der Waals surface area contributed by atoms with Crippen LogP contribution in [0.1, 0.15) is 56.8 Å². The van der Waals surface area contributed by atoms with E-state index < -0.39 is 18.2 Å². The van der Waals surface area contributed by atoms with Crippen LogP contribution in [0.15, 0.2) is 60.7 Å². The number of likely N-dealkylation sites (tertiary alicyclic amines) is 2. The van der Waals surface area contributed by atoms with Crippen molar-refractivity contribution in [1.29, 1.82) is 0 Å². The molecule has 2 aliphatic rings. The van der Waals surface area contributed by atoms with Crippen molar-refractivity contribution in [2.75, 3.05) is 26.5 Å². The van der Waals surface area contributed by atoms with E-state index >= 15 is 0 Å². The summed E-state index contributed by atoms with van der Waals surface area (Å²) < 4.78 is 4.78. The average Bonchev–Trinajstić information content (AvgIpc) is 3.97. The number of aromatic amines is 2. The Labute approximate surface area is 304 Å². The Morgan fingerprint density at radius 1 is 0.885 bits per heavy atom. The number of nitrogens with zero attached hydrogens (tertiary/aromatic N) is 4. The molecule has 4 atom stereocenters. The summed E-state index contributed by atoms with van der Waals surface area (Å²) in [6.07, 6.45) is 2.85. The van der Waals surface area contributed by atoms with Gasteiger partial charge < -0.3 is 30.0 Å². The maximum Gasteiger partial charge on any atom is 0.407 e. The predicted molar refractivity (Wildman–Crippen MR) is 203 cm³/mol. The number of carbonyl (C=O) groups is 3. The number of benzene rings is 4. The minimum atomic E-state index is -0.918. The van der Waals surface area contributed by atoms with E-state index in [1.807, 2.05) is 37.1 Å². The van der Waals surface area contributed by atoms with Gasteiger partial charge in [0.25, 0.3) is 0 Å². The van der Waals surface area contributed by atoms with Crippen molar-refractivity contribution in [1.82, 2.24) is 35.1 Å². The van der Waals surface area contributed by atoms with Gasteiger partial charge in [-0.1, -0.05) is 50.2 Å². The zero-order chi connectivity index (χ0) is 36.3. The normalized spacial score (nSPS) is 19.8. The molecule has 4 heterocycles. The minimum Gasteiger partial charge on any atom is -0.465 e. The van der Waals surface area contributed by atoms with E-state index in [4.69, 9.17) is 14.7 Å². The molecule has 0 aliphatic carbocycles. The van der Waals surface area contributed by atoms with Gasteiger partial charge in [0.15, 0.2) is 0 Å². The van der Waals surface area contributed by atoms with Gasteiger partial charge >= 0.3 is 12.2 Å². The molecule has 0 saturated carbocycles. The number of aromatic nitrogens is 4. The average molecular weight is 720 g/mol. The molecule has 2 aromatic heterocycles. The lowest BCUT2D eigenvalue weighted by atomic mass is 9.98. The Bertz CT molecular complexity index is 2370. The predicted octanol–water partition coefficient (Wildman–Crippen LogP) is 7.61. The molecular formula is C39H41N7O5S. The third-order valence-corrected chi connectivity index (χ3v) is 11.7. The summed E-state index contributed by atoms with van der Waals surface area (Å²) in [5.74, 6) is 1.19. The van der Waals surface area contributed by atoms with Crippen molar-refractivity contribution in [3.63, 3.8) is 0 Å². The maximum atomic E-state index is 13.7. The Kier molecular flexibility index (Phi) is 8.68. The van der Waals surface area contributed by atoms with Gasteiger partial charge in [0.1, 0.15) is 17.7 Å². The van der Waals surface area contributed by atoms with E-state index in [2.05, 4.69) is 63.8 Å². The largest absolute Gasteiger partial charge is 0.465 e. The van der Waals surface area contributed by atoms with Crippen LogP contribution in [0.5, 0.6) is 0 Å². The number of amides is 3. The monoisotopic (exact) mass is 719 g/mol. The van der Waals surface area contributed by atoms with Crippen LogP contribution < -0.4 is 5.32 Å². The van der Waals surface area contributed by atoms with Crippen molar-refractivity contribution >= 4 is 73.5 Å². The van der Waals surface area contributed by atoms with Crippen molar-refractivity contribution < 1.29 is 24.2 Å². The maximum absolute atomic E-state index is 13.7. The highest BCUT2D eigenvalue weighted by atomic mass is 32.2. The number of hydrogen-bond acceptors (Lipinski definition) is 7. The van der Waals surface area contributed by atoms with Gasteiger partial charge in [-0.05, 0) is 77.6 Å². The highest BCUT2D eigenvalue weighted by Crippen LogP contribution is 2.39. The second kappa shape index (κ2) is 13.4. The van der Waals surface area contributed by atoms with Crippen LogP contribution in [0.3, 0.4) is 0 Å². The molecule has 0 unspecified atom stereocenters. The second-order valence-corrected chi connectivity index (χ2v) is 15.3. The number of carboxylic acid groups (broad SMARTS) is 1. The summed E-state index contributed by atoms with van der Waals surface area (Å²) in [5.41, 5.74) is 5.64. The quantitative estimate of drug-likeness (QED) is 0.131. The molecule has 2 fully saturated rings. The van der Waals surface area contributed by atoms with Crippen molar-refractivity contribution in [3.05, 3.63) is 72.3 Å². The summed E-state index contributed by atoms with van der Waals surface area (Å²) >= 11 is 1.69. The number of fused-ring (bicyclic) bond motifs is 6. The Hall–Kier alpha value is -5.30. The van der Waals surface area contributed by atoms with Gasteiger partial charge in [-0.25, -0.2) is 19.6 Å². The summed E-state index contributed by atoms with van der Waals surface area (Å²) in [6, 6.07) is 19.8. The molecule has 8 rings (SSSR count). The number of ether oxygens (including phenoxy) is 1. The lowest BCUT2D eigenvalue weighted by molar-refractivity contribution is -0.135. The summed E-state index contributed by atoms with van der Waals surface area (Å²) in [7, 11) is 1.30. The van der Waals surface area contributed by atoms with Gasteiger partial charge in [-0.3, -0.25) is 9.69 Å². The Balaban J connectivity index is 1.08. The van der Waals surface area contributed by atoms with Crippen LogP contribution in [-0.4, -0.2) is 90.7 Å². The lowest BCUT2D eigenvalue weighted by Gasteiger charge is -2.29. The molecule has 4 N–H and O–H groups in total. The molecule has 6 aromatic rings. The van der Waals surface area contributed by atoms with E-state index in [0.29, 0.717) is 18.9 Å². The highest BCUT2D eigenvalue weighted by molar-refractivity contribution is 7.99. The molecule has 52 heavy (non-hydrogen) atoms. The number of carbonyl (C=O) groups excluding carboxylic acids is 2. The number of alkyl carbamates (subject to hydrolysis) is 1. The summed E-state index contributed by atoms with van der Waals surface area (Å²) in [5, 5.41) is 16.9.